The predicted molar refractivity (Wildman–Crippen MR) is 94.6 cm³/mol. The summed E-state index contributed by atoms with van der Waals surface area (Å²) < 4.78 is 6.63. The van der Waals surface area contributed by atoms with Gasteiger partial charge in [0.1, 0.15) is 0 Å². The molecule has 0 radical (unpaired) electrons. The summed E-state index contributed by atoms with van der Waals surface area (Å²) in [6.07, 6.45) is 0. The normalized spacial score (nSPS) is 11.7. The SMILES string of the molecule is COc1ccc(=O)n(C(CNc2ccccc2)c2ccccc2)n1. The van der Waals surface area contributed by atoms with Gasteiger partial charge in [0.15, 0.2) is 0 Å². The highest BCUT2D eigenvalue weighted by atomic mass is 16.5. The Bertz CT molecular complexity index is 832. The molecule has 122 valence electrons. The Hall–Kier alpha value is -3.08. The van der Waals surface area contributed by atoms with Gasteiger partial charge in [0.25, 0.3) is 5.56 Å². The van der Waals surface area contributed by atoms with Crippen molar-refractivity contribution in [1.29, 1.82) is 0 Å². The Balaban J connectivity index is 1.95. The van der Waals surface area contributed by atoms with Gasteiger partial charge in [-0.2, -0.15) is 0 Å². The quantitative estimate of drug-likeness (QED) is 0.758. The van der Waals surface area contributed by atoms with Crippen LogP contribution in [0.4, 0.5) is 5.69 Å². The maximum absolute atomic E-state index is 12.3. The number of nitrogens with one attached hydrogen (secondary N) is 1. The average Bonchev–Trinajstić information content (AvgIpc) is 2.65. The van der Waals surface area contributed by atoms with E-state index in [1.807, 2.05) is 60.7 Å². The molecule has 0 spiro atoms. The van der Waals surface area contributed by atoms with Crippen LogP contribution in [0.25, 0.3) is 0 Å². The lowest BCUT2D eigenvalue weighted by molar-refractivity contribution is 0.369. The van der Waals surface area contributed by atoms with Crippen molar-refractivity contribution in [1.82, 2.24) is 9.78 Å². The molecule has 0 aliphatic heterocycles. The highest BCUT2D eigenvalue weighted by molar-refractivity contribution is 5.43. The summed E-state index contributed by atoms with van der Waals surface area (Å²) in [5, 5.41) is 7.69. The minimum Gasteiger partial charge on any atom is -0.480 e. The van der Waals surface area contributed by atoms with Crippen LogP contribution >= 0.6 is 0 Å². The van der Waals surface area contributed by atoms with E-state index in [1.54, 1.807) is 6.07 Å². The fourth-order valence-electron chi connectivity index (χ4n) is 2.53. The number of hydrogen-bond donors (Lipinski definition) is 1. The van der Waals surface area contributed by atoms with Crippen LogP contribution < -0.4 is 15.6 Å². The van der Waals surface area contributed by atoms with E-state index >= 15 is 0 Å². The number of nitrogens with zero attached hydrogens (tertiary/aromatic N) is 2. The number of para-hydroxylation sites is 1. The Morgan fingerprint density at radius 3 is 2.33 bits per heavy atom. The molecule has 1 unspecified atom stereocenters. The topological polar surface area (TPSA) is 56.1 Å². The van der Waals surface area contributed by atoms with Gasteiger partial charge in [-0.05, 0) is 17.7 Å². The van der Waals surface area contributed by atoms with Crippen LogP contribution in [0.15, 0.2) is 77.6 Å². The summed E-state index contributed by atoms with van der Waals surface area (Å²) in [6, 6.07) is 22.5. The van der Waals surface area contributed by atoms with Crippen molar-refractivity contribution in [3.05, 3.63) is 88.7 Å². The zero-order chi connectivity index (χ0) is 16.8. The Morgan fingerprint density at radius 1 is 1.00 bits per heavy atom. The molecule has 0 fully saturated rings. The van der Waals surface area contributed by atoms with E-state index in [9.17, 15) is 4.79 Å². The molecule has 0 amide bonds. The van der Waals surface area contributed by atoms with Gasteiger partial charge in [-0.25, -0.2) is 4.68 Å². The van der Waals surface area contributed by atoms with Crippen molar-refractivity contribution in [2.45, 2.75) is 6.04 Å². The highest BCUT2D eigenvalue weighted by Crippen LogP contribution is 2.18. The maximum atomic E-state index is 12.3. The van der Waals surface area contributed by atoms with E-state index < -0.39 is 0 Å². The molecule has 5 heteroatoms. The molecular formula is C19H19N3O2. The molecule has 1 aromatic heterocycles. The molecule has 1 atom stereocenters. The Kier molecular flexibility index (Phi) is 4.91. The third kappa shape index (κ3) is 3.63. The first kappa shape index (κ1) is 15.8. The molecular weight excluding hydrogens is 302 g/mol. The van der Waals surface area contributed by atoms with Crippen LogP contribution in [-0.2, 0) is 0 Å². The van der Waals surface area contributed by atoms with Gasteiger partial charge in [0, 0.05) is 24.4 Å². The second-order valence-electron chi connectivity index (χ2n) is 5.33. The van der Waals surface area contributed by atoms with Gasteiger partial charge >= 0.3 is 0 Å². The van der Waals surface area contributed by atoms with E-state index in [0.717, 1.165) is 11.3 Å². The first-order chi connectivity index (χ1) is 11.8. The molecule has 1 heterocycles. The van der Waals surface area contributed by atoms with Crippen LogP contribution in [0, 0.1) is 0 Å². The van der Waals surface area contributed by atoms with Crippen molar-refractivity contribution in [2.75, 3.05) is 19.0 Å². The molecule has 0 saturated carbocycles. The monoisotopic (exact) mass is 321 g/mol. The molecule has 24 heavy (non-hydrogen) atoms. The number of benzene rings is 2. The van der Waals surface area contributed by atoms with E-state index in [4.69, 9.17) is 4.74 Å². The summed E-state index contributed by atoms with van der Waals surface area (Å²) >= 11 is 0. The van der Waals surface area contributed by atoms with Gasteiger partial charge in [-0.3, -0.25) is 4.79 Å². The zero-order valence-corrected chi connectivity index (χ0v) is 13.4. The lowest BCUT2D eigenvalue weighted by Crippen LogP contribution is -2.31. The van der Waals surface area contributed by atoms with Crippen molar-refractivity contribution in [2.24, 2.45) is 0 Å². The number of rotatable bonds is 6. The fraction of sp³-hybridized carbons (Fsp3) is 0.158. The first-order valence-electron chi connectivity index (χ1n) is 7.75. The zero-order valence-electron chi connectivity index (χ0n) is 13.4. The minimum atomic E-state index is -0.242. The Morgan fingerprint density at radius 2 is 1.67 bits per heavy atom. The first-order valence-corrected chi connectivity index (χ1v) is 7.75. The predicted octanol–water partition coefficient (Wildman–Crippen LogP) is 2.95. The van der Waals surface area contributed by atoms with E-state index in [1.165, 1.54) is 17.9 Å². The van der Waals surface area contributed by atoms with Gasteiger partial charge < -0.3 is 10.1 Å². The third-order valence-corrected chi connectivity index (χ3v) is 3.76. The van der Waals surface area contributed by atoms with E-state index in [2.05, 4.69) is 10.4 Å². The number of aromatic nitrogens is 2. The molecule has 0 aliphatic carbocycles. The second kappa shape index (κ2) is 7.46. The van der Waals surface area contributed by atoms with Gasteiger partial charge in [0.05, 0.1) is 13.2 Å². The molecule has 2 aromatic carbocycles. The smallest absolute Gasteiger partial charge is 0.267 e. The molecule has 3 aromatic rings. The van der Waals surface area contributed by atoms with Crippen molar-refractivity contribution < 1.29 is 4.74 Å². The molecule has 1 N–H and O–H groups in total. The molecule has 0 aliphatic rings. The van der Waals surface area contributed by atoms with Crippen LogP contribution in [-0.4, -0.2) is 23.4 Å². The van der Waals surface area contributed by atoms with Gasteiger partial charge in [0.2, 0.25) is 5.88 Å². The largest absolute Gasteiger partial charge is 0.480 e. The van der Waals surface area contributed by atoms with Gasteiger partial charge in [-0.1, -0.05) is 48.5 Å². The Labute approximate surface area is 140 Å². The summed E-state index contributed by atoms with van der Waals surface area (Å²) in [4.78, 5) is 12.3. The number of methoxy groups -OCH3 is 1. The molecule has 0 saturated heterocycles. The maximum Gasteiger partial charge on any atom is 0.267 e. The molecule has 5 nitrogen and oxygen atoms in total. The standard InChI is InChI=1S/C19H19N3O2/c1-24-18-12-13-19(23)22(21-18)17(15-8-4-2-5-9-15)14-20-16-10-6-3-7-11-16/h2-13,17,20H,14H2,1H3. The minimum absolute atomic E-state index is 0.167. The summed E-state index contributed by atoms with van der Waals surface area (Å²) in [5.41, 5.74) is 1.83. The number of anilines is 1. The third-order valence-electron chi connectivity index (χ3n) is 3.76. The van der Waals surface area contributed by atoms with Crippen LogP contribution in [0.2, 0.25) is 0 Å². The average molecular weight is 321 g/mol. The number of ether oxygens (including phenoxy) is 1. The lowest BCUT2D eigenvalue weighted by atomic mass is 10.1. The second-order valence-corrected chi connectivity index (χ2v) is 5.33. The van der Waals surface area contributed by atoms with E-state index in [0.29, 0.717) is 12.4 Å². The van der Waals surface area contributed by atoms with Gasteiger partial charge in [-0.15, -0.1) is 5.10 Å². The van der Waals surface area contributed by atoms with Crippen molar-refractivity contribution >= 4 is 5.69 Å². The van der Waals surface area contributed by atoms with Crippen LogP contribution in [0.1, 0.15) is 11.6 Å². The molecule has 0 bridgehead atoms. The fourth-order valence-corrected chi connectivity index (χ4v) is 2.53. The van der Waals surface area contributed by atoms with Crippen LogP contribution in [0.5, 0.6) is 5.88 Å². The van der Waals surface area contributed by atoms with E-state index in [-0.39, 0.29) is 11.6 Å². The van der Waals surface area contributed by atoms with Crippen molar-refractivity contribution in [3.63, 3.8) is 0 Å². The molecule has 3 rings (SSSR count). The lowest BCUT2D eigenvalue weighted by Gasteiger charge is -2.20. The summed E-state index contributed by atoms with van der Waals surface area (Å²) in [7, 11) is 1.54. The highest BCUT2D eigenvalue weighted by Gasteiger charge is 2.17. The van der Waals surface area contributed by atoms with Crippen molar-refractivity contribution in [3.8, 4) is 5.88 Å². The summed E-state index contributed by atoms with van der Waals surface area (Å²) in [5.74, 6) is 0.412. The number of hydrogen-bond acceptors (Lipinski definition) is 4. The summed E-state index contributed by atoms with van der Waals surface area (Å²) in [6.45, 7) is 0.536. The van der Waals surface area contributed by atoms with Crippen LogP contribution in [0.3, 0.4) is 0 Å².